The molecule has 2 N–H and O–H groups in total. The zero-order valence-corrected chi connectivity index (χ0v) is 9.95. The first-order chi connectivity index (χ1) is 6.36. The lowest BCUT2D eigenvalue weighted by molar-refractivity contribution is 0.409. The fraction of sp³-hybridized carbons (Fsp3) is 1.00. The van der Waals surface area contributed by atoms with Crippen LogP contribution in [0.25, 0.3) is 0 Å². The molecule has 14 heavy (non-hydrogen) atoms. The van der Waals surface area contributed by atoms with E-state index in [1.165, 1.54) is 0 Å². The van der Waals surface area contributed by atoms with Gasteiger partial charge < -0.3 is 5.32 Å². The minimum atomic E-state index is -3.11. The number of hydrogen-bond acceptors (Lipinski definition) is 3. The van der Waals surface area contributed by atoms with E-state index in [0.717, 1.165) is 19.4 Å². The van der Waals surface area contributed by atoms with Gasteiger partial charge in [-0.2, -0.15) is 0 Å². The SMILES string of the molecule is CC(C)S(=O)(=O)NCC1(C)CCCN1. The number of nitrogens with one attached hydrogen (secondary N) is 2. The maximum absolute atomic E-state index is 11.5. The van der Waals surface area contributed by atoms with Gasteiger partial charge in [0.1, 0.15) is 0 Å². The maximum Gasteiger partial charge on any atom is 0.213 e. The van der Waals surface area contributed by atoms with Crippen molar-refractivity contribution in [3.05, 3.63) is 0 Å². The smallest absolute Gasteiger partial charge is 0.213 e. The molecule has 1 saturated heterocycles. The van der Waals surface area contributed by atoms with E-state index >= 15 is 0 Å². The summed E-state index contributed by atoms with van der Waals surface area (Å²) in [6, 6.07) is 0. The summed E-state index contributed by atoms with van der Waals surface area (Å²) in [7, 11) is -3.11. The highest BCUT2D eigenvalue weighted by Gasteiger charge is 2.29. The first-order valence-electron chi connectivity index (χ1n) is 5.09. The van der Waals surface area contributed by atoms with Gasteiger partial charge in [0, 0.05) is 12.1 Å². The molecule has 5 heteroatoms. The molecule has 1 aliphatic heterocycles. The van der Waals surface area contributed by atoms with Crippen LogP contribution in [-0.4, -0.2) is 32.3 Å². The molecular formula is C9H20N2O2S. The Hall–Kier alpha value is -0.130. The molecule has 1 heterocycles. The van der Waals surface area contributed by atoms with E-state index < -0.39 is 10.0 Å². The van der Waals surface area contributed by atoms with Crippen molar-refractivity contribution < 1.29 is 8.42 Å². The Labute approximate surface area is 86.5 Å². The zero-order valence-electron chi connectivity index (χ0n) is 9.13. The molecular weight excluding hydrogens is 200 g/mol. The zero-order chi connectivity index (χ0) is 10.8. The number of sulfonamides is 1. The minimum Gasteiger partial charge on any atom is -0.310 e. The molecule has 0 spiro atoms. The number of hydrogen-bond donors (Lipinski definition) is 2. The summed E-state index contributed by atoms with van der Waals surface area (Å²) >= 11 is 0. The van der Waals surface area contributed by atoms with Crippen LogP contribution in [0.1, 0.15) is 33.6 Å². The lowest BCUT2D eigenvalue weighted by atomic mass is 10.0. The van der Waals surface area contributed by atoms with Crippen LogP contribution in [0.5, 0.6) is 0 Å². The summed E-state index contributed by atoms with van der Waals surface area (Å²) in [5.41, 5.74) is -0.0536. The average Bonchev–Trinajstić information content (AvgIpc) is 2.50. The highest BCUT2D eigenvalue weighted by molar-refractivity contribution is 7.90. The molecule has 0 aromatic rings. The van der Waals surface area contributed by atoms with Gasteiger partial charge in [0.2, 0.25) is 10.0 Å². The molecule has 0 aromatic carbocycles. The third-order valence-corrected chi connectivity index (χ3v) is 4.53. The topological polar surface area (TPSA) is 58.2 Å². The van der Waals surface area contributed by atoms with Gasteiger partial charge in [-0.1, -0.05) is 0 Å². The Morgan fingerprint density at radius 2 is 2.14 bits per heavy atom. The third kappa shape index (κ3) is 2.93. The van der Waals surface area contributed by atoms with Crippen LogP contribution in [0.3, 0.4) is 0 Å². The second kappa shape index (κ2) is 4.16. The van der Waals surface area contributed by atoms with E-state index in [1.54, 1.807) is 13.8 Å². The van der Waals surface area contributed by atoms with Crippen molar-refractivity contribution in [2.24, 2.45) is 0 Å². The highest BCUT2D eigenvalue weighted by atomic mass is 32.2. The quantitative estimate of drug-likeness (QED) is 0.723. The summed E-state index contributed by atoms with van der Waals surface area (Å²) in [5, 5.41) is 2.96. The van der Waals surface area contributed by atoms with Gasteiger partial charge in [-0.15, -0.1) is 0 Å². The summed E-state index contributed by atoms with van der Waals surface area (Å²) in [6.45, 7) is 6.91. The van der Waals surface area contributed by atoms with Crippen LogP contribution >= 0.6 is 0 Å². The van der Waals surface area contributed by atoms with Crippen molar-refractivity contribution in [2.75, 3.05) is 13.1 Å². The van der Waals surface area contributed by atoms with Crippen molar-refractivity contribution in [3.8, 4) is 0 Å². The fourth-order valence-electron chi connectivity index (χ4n) is 1.53. The summed E-state index contributed by atoms with van der Waals surface area (Å²) in [5.74, 6) is 0. The molecule has 84 valence electrons. The van der Waals surface area contributed by atoms with Gasteiger partial charge in [0.15, 0.2) is 0 Å². The van der Waals surface area contributed by atoms with Gasteiger partial charge >= 0.3 is 0 Å². The molecule has 1 unspecified atom stereocenters. The summed E-state index contributed by atoms with van der Waals surface area (Å²) in [6.07, 6.45) is 2.16. The summed E-state index contributed by atoms with van der Waals surface area (Å²) in [4.78, 5) is 0. The molecule has 0 amide bonds. The van der Waals surface area contributed by atoms with Crippen LogP contribution in [0.15, 0.2) is 0 Å². The van der Waals surface area contributed by atoms with Crippen LogP contribution in [-0.2, 0) is 10.0 Å². The molecule has 1 aliphatic rings. The van der Waals surface area contributed by atoms with Crippen LogP contribution in [0, 0.1) is 0 Å². The van der Waals surface area contributed by atoms with Crippen molar-refractivity contribution in [3.63, 3.8) is 0 Å². The average molecular weight is 220 g/mol. The first-order valence-corrected chi connectivity index (χ1v) is 6.64. The van der Waals surface area contributed by atoms with Crippen LogP contribution < -0.4 is 10.0 Å². The summed E-state index contributed by atoms with van der Waals surface area (Å²) < 4.78 is 25.6. The Balaban J connectivity index is 2.48. The van der Waals surface area contributed by atoms with Crippen molar-refractivity contribution in [1.82, 2.24) is 10.0 Å². The Morgan fingerprint density at radius 3 is 2.57 bits per heavy atom. The molecule has 0 saturated carbocycles. The Kier molecular flexibility index (Phi) is 3.55. The van der Waals surface area contributed by atoms with Crippen molar-refractivity contribution >= 4 is 10.0 Å². The lowest BCUT2D eigenvalue weighted by Gasteiger charge is -2.25. The molecule has 1 rings (SSSR count). The van der Waals surface area contributed by atoms with Crippen molar-refractivity contribution in [2.45, 2.75) is 44.4 Å². The van der Waals surface area contributed by atoms with Gasteiger partial charge in [-0.05, 0) is 40.2 Å². The molecule has 0 aromatic heterocycles. The van der Waals surface area contributed by atoms with E-state index in [1.807, 2.05) is 0 Å². The van der Waals surface area contributed by atoms with Gasteiger partial charge in [-0.3, -0.25) is 0 Å². The molecule has 4 nitrogen and oxygen atoms in total. The van der Waals surface area contributed by atoms with Gasteiger partial charge in [0.25, 0.3) is 0 Å². The molecule has 1 atom stereocenters. The molecule has 1 fully saturated rings. The molecule has 0 aliphatic carbocycles. The van der Waals surface area contributed by atoms with E-state index in [2.05, 4.69) is 17.0 Å². The lowest BCUT2D eigenvalue weighted by Crippen LogP contribution is -2.48. The maximum atomic E-state index is 11.5. The predicted molar refractivity (Wildman–Crippen MR) is 57.7 cm³/mol. The van der Waals surface area contributed by atoms with Crippen molar-refractivity contribution in [1.29, 1.82) is 0 Å². The third-order valence-electron chi connectivity index (χ3n) is 2.74. The predicted octanol–water partition coefficient (Wildman–Crippen LogP) is 0.456. The Bertz CT molecular complexity index is 279. The molecule has 0 radical (unpaired) electrons. The largest absolute Gasteiger partial charge is 0.310 e. The minimum absolute atomic E-state index is 0.0536. The first kappa shape index (κ1) is 11.9. The van der Waals surface area contributed by atoms with E-state index in [9.17, 15) is 8.42 Å². The van der Waals surface area contributed by atoms with E-state index in [4.69, 9.17) is 0 Å². The van der Waals surface area contributed by atoms with E-state index in [-0.39, 0.29) is 10.8 Å². The molecule has 0 bridgehead atoms. The number of rotatable bonds is 4. The normalized spacial score (nSPS) is 28.6. The van der Waals surface area contributed by atoms with Gasteiger partial charge in [0.05, 0.1) is 5.25 Å². The second-order valence-corrected chi connectivity index (χ2v) is 6.83. The van der Waals surface area contributed by atoms with Gasteiger partial charge in [-0.25, -0.2) is 13.1 Å². The fourth-order valence-corrected chi connectivity index (χ4v) is 2.39. The standard InChI is InChI=1S/C9H20N2O2S/c1-8(2)14(12,13)11-7-9(3)5-4-6-10-9/h8,10-11H,4-7H2,1-3H3. The van der Waals surface area contributed by atoms with Crippen LogP contribution in [0.4, 0.5) is 0 Å². The second-order valence-electron chi connectivity index (χ2n) is 4.51. The van der Waals surface area contributed by atoms with E-state index in [0.29, 0.717) is 6.54 Å². The van der Waals surface area contributed by atoms with Crippen LogP contribution in [0.2, 0.25) is 0 Å². The Morgan fingerprint density at radius 1 is 1.50 bits per heavy atom. The highest BCUT2D eigenvalue weighted by Crippen LogP contribution is 2.17. The monoisotopic (exact) mass is 220 g/mol.